The maximum atomic E-state index is 13.7. The standard InChI is InChI=1S/C22H34N2O4S/c1-16-12-17(2)22(18(3)13-16)29(26,27)24(19-8-5-4-6-9-19)15-21(25)23-14-20-10-7-11-28-20/h12-13,19-20H,4-11,14-15H2,1-3H3,(H,23,25)/t20-/m0/s1. The van der Waals surface area contributed by atoms with Gasteiger partial charge in [0, 0.05) is 19.2 Å². The lowest BCUT2D eigenvalue weighted by Crippen LogP contribution is -2.48. The van der Waals surface area contributed by atoms with Gasteiger partial charge in [0.15, 0.2) is 0 Å². The molecular formula is C22H34N2O4S. The highest BCUT2D eigenvalue weighted by atomic mass is 32.2. The summed E-state index contributed by atoms with van der Waals surface area (Å²) in [6, 6.07) is 3.68. The van der Waals surface area contributed by atoms with E-state index >= 15 is 0 Å². The third-order valence-corrected chi connectivity index (χ3v) is 8.21. The minimum Gasteiger partial charge on any atom is -0.376 e. The number of hydrogen-bond acceptors (Lipinski definition) is 4. The Balaban J connectivity index is 1.83. The highest BCUT2D eigenvalue weighted by Gasteiger charge is 2.35. The predicted molar refractivity (Wildman–Crippen MR) is 113 cm³/mol. The second-order valence-electron chi connectivity index (χ2n) is 8.51. The fraction of sp³-hybridized carbons (Fsp3) is 0.682. The van der Waals surface area contributed by atoms with Crippen LogP contribution in [-0.4, -0.2) is 50.5 Å². The Bertz CT molecular complexity index is 802. The molecule has 0 aromatic heterocycles. The first kappa shape index (κ1) is 22.2. The van der Waals surface area contributed by atoms with E-state index in [4.69, 9.17) is 4.74 Å². The van der Waals surface area contributed by atoms with Crippen LogP contribution in [0.15, 0.2) is 17.0 Å². The average molecular weight is 423 g/mol. The topological polar surface area (TPSA) is 75.7 Å². The zero-order chi connectivity index (χ0) is 21.0. The van der Waals surface area contributed by atoms with Crippen molar-refractivity contribution in [3.8, 4) is 0 Å². The van der Waals surface area contributed by atoms with Gasteiger partial charge in [0.1, 0.15) is 0 Å². The van der Waals surface area contributed by atoms with Crippen LogP contribution in [-0.2, 0) is 19.6 Å². The Morgan fingerprint density at radius 1 is 1.07 bits per heavy atom. The molecule has 1 aliphatic heterocycles. The Morgan fingerprint density at radius 2 is 1.72 bits per heavy atom. The van der Waals surface area contributed by atoms with E-state index in [0.29, 0.717) is 11.4 Å². The predicted octanol–water partition coefficient (Wildman–Crippen LogP) is 3.23. The average Bonchev–Trinajstić information content (AvgIpc) is 3.17. The molecule has 1 N–H and O–H groups in total. The maximum absolute atomic E-state index is 13.7. The number of carbonyl (C=O) groups is 1. The minimum absolute atomic E-state index is 0.0419. The molecule has 29 heavy (non-hydrogen) atoms. The molecule has 162 valence electrons. The van der Waals surface area contributed by atoms with Crippen molar-refractivity contribution in [2.45, 2.75) is 82.8 Å². The molecule has 7 heteroatoms. The maximum Gasteiger partial charge on any atom is 0.244 e. The monoisotopic (exact) mass is 422 g/mol. The van der Waals surface area contributed by atoms with E-state index in [1.165, 1.54) is 4.31 Å². The second kappa shape index (κ2) is 9.58. The molecule has 0 bridgehead atoms. The summed E-state index contributed by atoms with van der Waals surface area (Å²) in [6.45, 7) is 6.68. The van der Waals surface area contributed by atoms with Crippen LogP contribution in [0.25, 0.3) is 0 Å². The van der Waals surface area contributed by atoms with E-state index in [1.807, 2.05) is 32.9 Å². The number of rotatable bonds is 7. The largest absolute Gasteiger partial charge is 0.376 e. The van der Waals surface area contributed by atoms with Crippen LogP contribution in [0.5, 0.6) is 0 Å². The van der Waals surface area contributed by atoms with E-state index in [9.17, 15) is 13.2 Å². The molecule has 3 rings (SSSR count). The molecule has 1 heterocycles. The molecule has 0 unspecified atom stereocenters. The van der Waals surface area contributed by atoms with Gasteiger partial charge in [0.25, 0.3) is 0 Å². The van der Waals surface area contributed by atoms with Crippen molar-refractivity contribution in [3.63, 3.8) is 0 Å². The molecule has 0 spiro atoms. The zero-order valence-electron chi connectivity index (χ0n) is 17.9. The highest BCUT2D eigenvalue weighted by Crippen LogP contribution is 2.31. The first-order valence-corrected chi connectivity index (χ1v) is 12.2. The molecule has 1 atom stereocenters. The summed E-state index contributed by atoms with van der Waals surface area (Å²) < 4.78 is 34.4. The Kier molecular flexibility index (Phi) is 7.35. The van der Waals surface area contributed by atoms with Crippen molar-refractivity contribution >= 4 is 15.9 Å². The molecule has 1 saturated carbocycles. The zero-order valence-corrected chi connectivity index (χ0v) is 18.7. The van der Waals surface area contributed by atoms with E-state index in [1.54, 1.807) is 0 Å². The van der Waals surface area contributed by atoms with E-state index in [0.717, 1.165) is 68.2 Å². The van der Waals surface area contributed by atoms with Gasteiger partial charge in [-0.2, -0.15) is 4.31 Å². The number of carbonyl (C=O) groups excluding carboxylic acids is 1. The van der Waals surface area contributed by atoms with Gasteiger partial charge in [-0.25, -0.2) is 8.42 Å². The number of amides is 1. The Labute approximate surface area is 175 Å². The lowest BCUT2D eigenvalue weighted by Gasteiger charge is -2.34. The van der Waals surface area contributed by atoms with Crippen LogP contribution in [0.3, 0.4) is 0 Å². The van der Waals surface area contributed by atoms with Crippen molar-refractivity contribution in [1.29, 1.82) is 0 Å². The summed E-state index contributed by atoms with van der Waals surface area (Å²) in [6.07, 6.45) is 6.73. The molecule has 1 aromatic rings. The van der Waals surface area contributed by atoms with Gasteiger partial charge in [0.05, 0.1) is 17.5 Å². The summed E-state index contributed by atoms with van der Waals surface area (Å²) in [5.74, 6) is -0.253. The molecule has 6 nitrogen and oxygen atoms in total. The lowest BCUT2D eigenvalue weighted by molar-refractivity contribution is -0.122. The summed E-state index contributed by atoms with van der Waals surface area (Å²) in [7, 11) is -3.77. The third kappa shape index (κ3) is 5.38. The van der Waals surface area contributed by atoms with Crippen LogP contribution < -0.4 is 5.32 Å². The van der Waals surface area contributed by atoms with Crippen molar-refractivity contribution in [2.24, 2.45) is 0 Å². The minimum atomic E-state index is -3.77. The number of aryl methyl sites for hydroxylation is 3. The van der Waals surface area contributed by atoms with Crippen LogP contribution in [0, 0.1) is 20.8 Å². The third-order valence-electron chi connectivity index (χ3n) is 6.00. The van der Waals surface area contributed by atoms with E-state index < -0.39 is 10.0 Å². The second-order valence-corrected chi connectivity index (χ2v) is 10.3. The van der Waals surface area contributed by atoms with E-state index in [2.05, 4.69) is 5.32 Å². The highest BCUT2D eigenvalue weighted by molar-refractivity contribution is 7.89. The number of hydrogen-bond donors (Lipinski definition) is 1. The SMILES string of the molecule is Cc1cc(C)c(S(=O)(=O)N(CC(=O)NC[C@@H]2CCCO2)C2CCCCC2)c(C)c1. The number of sulfonamides is 1. The summed E-state index contributed by atoms with van der Waals surface area (Å²) in [5, 5.41) is 2.89. The molecular weight excluding hydrogens is 388 g/mol. The first-order chi connectivity index (χ1) is 13.8. The van der Waals surface area contributed by atoms with Crippen molar-refractivity contribution in [3.05, 3.63) is 28.8 Å². The lowest BCUT2D eigenvalue weighted by atomic mass is 9.95. The van der Waals surface area contributed by atoms with Gasteiger partial charge in [-0.05, 0) is 57.6 Å². The van der Waals surface area contributed by atoms with Crippen molar-refractivity contribution in [2.75, 3.05) is 19.7 Å². The van der Waals surface area contributed by atoms with E-state index in [-0.39, 0.29) is 24.6 Å². The van der Waals surface area contributed by atoms with Gasteiger partial charge in [-0.15, -0.1) is 0 Å². The van der Waals surface area contributed by atoms with Gasteiger partial charge >= 0.3 is 0 Å². The molecule has 1 amide bonds. The molecule has 2 fully saturated rings. The smallest absolute Gasteiger partial charge is 0.244 e. The van der Waals surface area contributed by atoms with Crippen LogP contribution in [0.4, 0.5) is 0 Å². The van der Waals surface area contributed by atoms with Crippen molar-refractivity contribution in [1.82, 2.24) is 9.62 Å². The number of nitrogens with zero attached hydrogens (tertiary/aromatic N) is 1. The fourth-order valence-corrected chi connectivity index (χ4v) is 6.76. The molecule has 0 radical (unpaired) electrons. The molecule has 1 aliphatic carbocycles. The number of ether oxygens (including phenoxy) is 1. The quantitative estimate of drug-likeness (QED) is 0.732. The van der Waals surface area contributed by atoms with Gasteiger partial charge in [-0.1, -0.05) is 37.0 Å². The first-order valence-electron chi connectivity index (χ1n) is 10.8. The summed E-state index contributed by atoms with van der Waals surface area (Å²) >= 11 is 0. The van der Waals surface area contributed by atoms with Gasteiger partial charge < -0.3 is 10.1 Å². The van der Waals surface area contributed by atoms with Gasteiger partial charge in [0.2, 0.25) is 15.9 Å². The molecule has 1 aromatic carbocycles. The van der Waals surface area contributed by atoms with Crippen LogP contribution in [0.1, 0.15) is 61.6 Å². The van der Waals surface area contributed by atoms with Gasteiger partial charge in [-0.3, -0.25) is 4.79 Å². The fourth-order valence-electron chi connectivity index (χ4n) is 4.70. The van der Waals surface area contributed by atoms with Crippen molar-refractivity contribution < 1.29 is 17.9 Å². The van der Waals surface area contributed by atoms with Crippen LogP contribution >= 0.6 is 0 Å². The summed E-state index contributed by atoms with van der Waals surface area (Å²) in [5.41, 5.74) is 2.52. The number of benzene rings is 1. The molecule has 1 saturated heterocycles. The van der Waals surface area contributed by atoms with Crippen LogP contribution in [0.2, 0.25) is 0 Å². The normalized spacial score (nSPS) is 20.9. The summed E-state index contributed by atoms with van der Waals surface area (Å²) in [4.78, 5) is 13.0. The Hall–Kier alpha value is -1.44. The molecule has 2 aliphatic rings. The Morgan fingerprint density at radius 3 is 2.31 bits per heavy atom. The number of nitrogens with one attached hydrogen (secondary N) is 1.